The van der Waals surface area contributed by atoms with Crippen LogP contribution in [-0.2, 0) is 10.0 Å². The van der Waals surface area contributed by atoms with E-state index in [1.54, 1.807) is 0 Å². The Morgan fingerprint density at radius 3 is 2.42 bits per heavy atom. The second kappa shape index (κ2) is 4.45. The Morgan fingerprint density at radius 1 is 1.21 bits per heavy atom. The van der Waals surface area contributed by atoms with Gasteiger partial charge < -0.3 is 5.73 Å². The van der Waals surface area contributed by atoms with Crippen molar-refractivity contribution in [3.05, 3.63) is 24.0 Å². The maximum atomic E-state index is 13.4. The van der Waals surface area contributed by atoms with Gasteiger partial charge in [-0.15, -0.1) is 0 Å². The summed E-state index contributed by atoms with van der Waals surface area (Å²) >= 11 is 0. The number of anilines is 1. The van der Waals surface area contributed by atoms with Crippen LogP contribution in [0.5, 0.6) is 0 Å². The Morgan fingerprint density at radius 2 is 1.84 bits per heavy atom. The SMILES string of the molecule is Nc1ccc(S(=O)(=O)N2CC3CCCC3C2)cc1F. The van der Waals surface area contributed by atoms with Gasteiger partial charge in [-0.2, -0.15) is 4.31 Å². The average molecular weight is 284 g/mol. The normalized spacial score (nSPS) is 27.6. The molecular formula is C13H17FN2O2S. The summed E-state index contributed by atoms with van der Waals surface area (Å²) in [5.41, 5.74) is 5.35. The fraction of sp³-hybridized carbons (Fsp3) is 0.538. The summed E-state index contributed by atoms with van der Waals surface area (Å²) in [5.74, 6) is 0.280. The summed E-state index contributed by atoms with van der Waals surface area (Å²) in [6.45, 7) is 1.14. The van der Waals surface area contributed by atoms with Gasteiger partial charge in [0.15, 0.2) is 0 Å². The molecule has 1 saturated carbocycles. The van der Waals surface area contributed by atoms with Gasteiger partial charge in [-0.05, 0) is 42.9 Å². The first-order valence-corrected chi connectivity index (χ1v) is 7.97. The molecule has 4 nitrogen and oxygen atoms in total. The number of hydrogen-bond donors (Lipinski definition) is 1. The number of benzene rings is 1. The Bertz CT molecular complexity index is 591. The fourth-order valence-corrected chi connectivity index (χ4v) is 4.77. The van der Waals surface area contributed by atoms with E-state index in [0.717, 1.165) is 18.9 Å². The Kier molecular flexibility index (Phi) is 3.02. The van der Waals surface area contributed by atoms with Gasteiger partial charge in [0, 0.05) is 13.1 Å². The zero-order valence-electron chi connectivity index (χ0n) is 10.5. The van der Waals surface area contributed by atoms with Crippen molar-refractivity contribution in [2.45, 2.75) is 24.2 Å². The standard InChI is InChI=1S/C13H17FN2O2S/c14-12-6-11(4-5-13(12)15)19(17,18)16-7-9-2-1-3-10(9)8-16/h4-6,9-10H,1-3,7-8,15H2. The molecule has 0 bridgehead atoms. The molecule has 2 atom stereocenters. The smallest absolute Gasteiger partial charge is 0.243 e. The number of nitrogens with two attached hydrogens (primary N) is 1. The number of nitrogens with zero attached hydrogens (tertiary/aromatic N) is 1. The zero-order chi connectivity index (χ0) is 13.6. The highest BCUT2D eigenvalue weighted by atomic mass is 32.2. The largest absolute Gasteiger partial charge is 0.396 e. The lowest BCUT2D eigenvalue weighted by atomic mass is 10.0. The van der Waals surface area contributed by atoms with Crippen molar-refractivity contribution in [3.63, 3.8) is 0 Å². The van der Waals surface area contributed by atoms with E-state index < -0.39 is 15.8 Å². The predicted molar refractivity (Wildman–Crippen MR) is 70.4 cm³/mol. The van der Waals surface area contributed by atoms with Crippen LogP contribution in [0.15, 0.2) is 23.1 Å². The molecule has 1 heterocycles. The van der Waals surface area contributed by atoms with E-state index in [9.17, 15) is 12.8 Å². The second-order valence-electron chi connectivity index (χ2n) is 5.46. The summed E-state index contributed by atoms with van der Waals surface area (Å²) in [6, 6.07) is 3.69. The molecule has 2 fully saturated rings. The molecule has 0 spiro atoms. The molecule has 1 saturated heterocycles. The number of fused-ring (bicyclic) bond motifs is 1. The van der Waals surface area contributed by atoms with Crippen molar-refractivity contribution in [1.29, 1.82) is 0 Å². The maximum Gasteiger partial charge on any atom is 0.243 e. The molecule has 0 aromatic heterocycles. The molecule has 104 valence electrons. The summed E-state index contributed by atoms with van der Waals surface area (Å²) in [7, 11) is -3.58. The van der Waals surface area contributed by atoms with Crippen molar-refractivity contribution in [3.8, 4) is 0 Å². The van der Waals surface area contributed by atoms with Crippen molar-refractivity contribution in [1.82, 2.24) is 4.31 Å². The summed E-state index contributed by atoms with van der Waals surface area (Å²) in [4.78, 5) is -0.000765. The van der Waals surface area contributed by atoms with Crippen LogP contribution in [0.4, 0.5) is 10.1 Å². The number of sulfonamides is 1. The summed E-state index contributed by atoms with van der Waals surface area (Å²) < 4.78 is 39.8. The molecule has 1 aliphatic heterocycles. The quantitative estimate of drug-likeness (QED) is 0.843. The second-order valence-corrected chi connectivity index (χ2v) is 7.39. The van der Waals surface area contributed by atoms with Crippen molar-refractivity contribution in [2.75, 3.05) is 18.8 Å². The molecule has 0 amide bonds. The zero-order valence-corrected chi connectivity index (χ0v) is 11.4. The van der Waals surface area contributed by atoms with Crippen LogP contribution in [0.2, 0.25) is 0 Å². The van der Waals surface area contributed by atoms with E-state index in [-0.39, 0.29) is 10.6 Å². The maximum absolute atomic E-state index is 13.4. The molecule has 19 heavy (non-hydrogen) atoms. The molecule has 2 N–H and O–H groups in total. The van der Waals surface area contributed by atoms with Crippen molar-refractivity contribution < 1.29 is 12.8 Å². The van der Waals surface area contributed by atoms with Crippen LogP contribution in [0.25, 0.3) is 0 Å². The molecular weight excluding hydrogens is 267 g/mol. The van der Waals surface area contributed by atoms with Gasteiger partial charge in [0.1, 0.15) is 5.82 Å². The van der Waals surface area contributed by atoms with Crippen molar-refractivity contribution >= 4 is 15.7 Å². The molecule has 6 heteroatoms. The third-order valence-electron chi connectivity index (χ3n) is 4.30. The van der Waals surface area contributed by atoms with E-state index >= 15 is 0 Å². The minimum atomic E-state index is -3.58. The molecule has 2 aliphatic rings. The topological polar surface area (TPSA) is 63.4 Å². The van der Waals surface area contributed by atoms with Gasteiger partial charge in [0.2, 0.25) is 10.0 Å². The molecule has 1 aliphatic carbocycles. The highest BCUT2D eigenvalue weighted by Gasteiger charge is 2.41. The van der Waals surface area contributed by atoms with Crippen molar-refractivity contribution in [2.24, 2.45) is 11.8 Å². The van der Waals surface area contributed by atoms with Crippen LogP contribution >= 0.6 is 0 Å². The van der Waals surface area contributed by atoms with Gasteiger partial charge in [-0.1, -0.05) is 6.42 Å². The minimum Gasteiger partial charge on any atom is -0.396 e. The number of nitrogen functional groups attached to an aromatic ring is 1. The van der Waals surface area contributed by atoms with Crippen LogP contribution < -0.4 is 5.73 Å². The van der Waals surface area contributed by atoms with Gasteiger partial charge in [0.05, 0.1) is 10.6 Å². The highest BCUT2D eigenvalue weighted by Crippen LogP contribution is 2.39. The number of rotatable bonds is 2. The van der Waals surface area contributed by atoms with Crippen LogP contribution in [-0.4, -0.2) is 25.8 Å². The third-order valence-corrected chi connectivity index (χ3v) is 6.13. The lowest BCUT2D eigenvalue weighted by Crippen LogP contribution is -2.29. The monoisotopic (exact) mass is 284 g/mol. The van der Waals surface area contributed by atoms with E-state index in [0.29, 0.717) is 24.9 Å². The first kappa shape index (κ1) is 12.9. The molecule has 2 unspecified atom stereocenters. The third kappa shape index (κ3) is 2.12. The highest BCUT2D eigenvalue weighted by molar-refractivity contribution is 7.89. The first-order valence-electron chi connectivity index (χ1n) is 6.53. The predicted octanol–water partition coefficient (Wildman–Crippen LogP) is 1.83. The minimum absolute atomic E-state index is 0.000765. The molecule has 1 aromatic rings. The average Bonchev–Trinajstić information content (AvgIpc) is 2.93. The van der Waals surface area contributed by atoms with E-state index in [1.807, 2.05) is 0 Å². The Labute approximate surface area is 112 Å². The molecule has 0 radical (unpaired) electrons. The van der Waals surface area contributed by atoms with Gasteiger partial charge in [0.25, 0.3) is 0 Å². The van der Waals surface area contributed by atoms with E-state index in [4.69, 9.17) is 5.73 Å². The van der Waals surface area contributed by atoms with Gasteiger partial charge >= 0.3 is 0 Å². The fourth-order valence-electron chi connectivity index (χ4n) is 3.21. The van der Waals surface area contributed by atoms with E-state index in [1.165, 1.54) is 22.9 Å². The first-order chi connectivity index (χ1) is 8.98. The van der Waals surface area contributed by atoms with Gasteiger partial charge in [-0.3, -0.25) is 0 Å². The Balaban J connectivity index is 1.88. The lowest BCUT2D eigenvalue weighted by Gasteiger charge is -2.17. The number of halogens is 1. The Hall–Kier alpha value is -1.14. The molecule has 3 rings (SSSR count). The summed E-state index contributed by atoms with van der Waals surface area (Å²) in [5, 5.41) is 0. The summed E-state index contributed by atoms with van der Waals surface area (Å²) in [6.07, 6.45) is 3.40. The van der Waals surface area contributed by atoms with Crippen LogP contribution in [0.1, 0.15) is 19.3 Å². The lowest BCUT2D eigenvalue weighted by molar-refractivity contribution is 0.445. The van der Waals surface area contributed by atoms with E-state index in [2.05, 4.69) is 0 Å². The number of hydrogen-bond acceptors (Lipinski definition) is 3. The molecule has 1 aromatic carbocycles. The van der Waals surface area contributed by atoms with Crippen LogP contribution in [0.3, 0.4) is 0 Å². The van der Waals surface area contributed by atoms with Gasteiger partial charge in [-0.25, -0.2) is 12.8 Å². The van der Waals surface area contributed by atoms with Crippen LogP contribution in [0, 0.1) is 17.7 Å².